The zero-order valence-corrected chi connectivity index (χ0v) is 13.8. The molecule has 0 amide bonds. The van der Waals surface area contributed by atoms with E-state index < -0.39 is 0 Å². The fraction of sp³-hybridized carbons (Fsp3) is 0.421. The van der Waals surface area contributed by atoms with Crippen LogP contribution in [-0.4, -0.2) is 4.98 Å². The quantitative estimate of drug-likeness (QED) is 0.843. The third kappa shape index (κ3) is 3.84. The molecule has 0 atom stereocenters. The van der Waals surface area contributed by atoms with Crippen molar-refractivity contribution in [2.45, 2.75) is 51.9 Å². The van der Waals surface area contributed by atoms with E-state index in [1.165, 1.54) is 5.56 Å². The molecule has 21 heavy (non-hydrogen) atoms. The Morgan fingerprint density at radius 3 is 2.24 bits per heavy atom. The van der Waals surface area contributed by atoms with Crippen LogP contribution in [0.15, 0.2) is 42.5 Å². The minimum absolute atomic E-state index is 0.0128. The van der Waals surface area contributed by atoms with Crippen molar-refractivity contribution in [2.24, 2.45) is 0 Å². The van der Waals surface area contributed by atoms with Gasteiger partial charge in [-0.2, -0.15) is 0 Å². The average molecular weight is 282 g/mol. The van der Waals surface area contributed by atoms with Gasteiger partial charge in [0, 0.05) is 22.5 Å². The largest absolute Gasteiger partial charge is 0.399 e. The van der Waals surface area contributed by atoms with E-state index in [9.17, 15) is 0 Å². The standard InChI is InChI=1S/C19H26N2/c1-18(2,3)17-11-7-10-16(21-17)13-19(4,5)14-8-6-9-15(20)12-14/h6-12H,13,20H2,1-5H3. The van der Waals surface area contributed by atoms with Crippen molar-refractivity contribution in [3.8, 4) is 0 Å². The van der Waals surface area contributed by atoms with Crippen LogP contribution in [0, 0.1) is 0 Å². The Morgan fingerprint density at radius 2 is 1.62 bits per heavy atom. The zero-order chi connectivity index (χ0) is 15.7. The molecule has 1 aromatic carbocycles. The first-order valence-electron chi connectivity index (χ1n) is 7.51. The Hall–Kier alpha value is -1.83. The highest BCUT2D eigenvalue weighted by Crippen LogP contribution is 2.29. The molecule has 112 valence electrons. The summed E-state index contributed by atoms with van der Waals surface area (Å²) in [5.74, 6) is 0. The van der Waals surface area contributed by atoms with Crippen molar-refractivity contribution in [1.29, 1.82) is 0 Å². The van der Waals surface area contributed by atoms with Crippen molar-refractivity contribution in [3.05, 3.63) is 59.4 Å². The van der Waals surface area contributed by atoms with Crippen LogP contribution in [0.3, 0.4) is 0 Å². The van der Waals surface area contributed by atoms with Crippen LogP contribution in [0.4, 0.5) is 5.69 Å². The number of nitrogen functional groups attached to an aromatic ring is 1. The van der Waals surface area contributed by atoms with Gasteiger partial charge in [-0.3, -0.25) is 4.98 Å². The van der Waals surface area contributed by atoms with Gasteiger partial charge in [0.25, 0.3) is 0 Å². The first kappa shape index (κ1) is 15.6. The molecule has 2 aromatic rings. The topological polar surface area (TPSA) is 38.9 Å². The second-order valence-electron chi connectivity index (χ2n) is 7.45. The molecule has 0 unspecified atom stereocenters. The normalized spacial score (nSPS) is 12.4. The fourth-order valence-electron chi connectivity index (χ4n) is 2.51. The number of aromatic nitrogens is 1. The van der Waals surface area contributed by atoms with Gasteiger partial charge in [0.2, 0.25) is 0 Å². The lowest BCUT2D eigenvalue weighted by Crippen LogP contribution is -2.22. The minimum atomic E-state index is 0.0128. The molecule has 0 bridgehead atoms. The molecule has 0 spiro atoms. The molecule has 2 N–H and O–H groups in total. The van der Waals surface area contributed by atoms with E-state index in [0.29, 0.717) is 0 Å². The molecule has 0 aliphatic rings. The van der Waals surface area contributed by atoms with Gasteiger partial charge in [-0.05, 0) is 41.7 Å². The highest BCUT2D eigenvalue weighted by Gasteiger charge is 2.23. The first-order valence-corrected chi connectivity index (χ1v) is 7.51. The fourth-order valence-corrected chi connectivity index (χ4v) is 2.51. The molecular formula is C19H26N2. The predicted octanol–water partition coefficient (Wildman–Crippen LogP) is 4.48. The van der Waals surface area contributed by atoms with E-state index >= 15 is 0 Å². The van der Waals surface area contributed by atoms with Crippen molar-refractivity contribution >= 4 is 5.69 Å². The Kier molecular flexibility index (Phi) is 4.08. The van der Waals surface area contributed by atoms with Crippen LogP contribution in [0.1, 0.15) is 51.6 Å². The molecule has 2 nitrogen and oxygen atoms in total. The predicted molar refractivity (Wildman–Crippen MR) is 90.5 cm³/mol. The molecule has 1 aromatic heterocycles. The third-order valence-electron chi connectivity index (χ3n) is 3.87. The van der Waals surface area contributed by atoms with Gasteiger partial charge >= 0.3 is 0 Å². The number of benzene rings is 1. The zero-order valence-electron chi connectivity index (χ0n) is 13.8. The molecule has 0 fully saturated rings. The first-order chi connectivity index (χ1) is 9.68. The maximum Gasteiger partial charge on any atom is 0.0460 e. The van der Waals surface area contributed by atoms with Gasteiger partial charge in [0.05, 0.1) is 0 Å². The van der Waals surface area contributed by atoms with Crippen molar-refractivity contribution < 1.29 is 0 Å². The molecule has 0 saturated carbocycles. The van der Waals surface area contributed by atoms with E-state index in [1.807, 2.05) is 12.1 Å². The van der Waals surface area contributed by atoms with Gasteiger partial charge in [-0.1, -0.05) is 52.8 Å². The molecular weight excluding hydrogens is 256 g/mol. The van der Waals surface area contributed by atoms with Crippen molar-refractivity contribution in [1.82, 2.24) is 4.98 Å². The number of hydrogen-bond donors (Lipinski definition) is 1. The number of nitrogens with zero attached hydrogens (tertiary/aromatic N) is 1. The molecule has 0 aliphatic carbocycles. The molecule has 0 saturated heterocycles. The van der Waals surface area contributed by atoms with Crippen molar-refractivity contribution in [3.63, 3.8) is 0 Å². The Morgan fingerprint density at radius 1 is 0.952 bits per heavy atom. The number of nitrogens with two attached hydrogens (primary N) is 1. The monoisotopic (exact) mass is 282 g/mol. The molecule has 2 rings (SSSR count). The highest BCUT2D eigenvalue weighted by molar-refractivity contribution is 5.43. The summed E-state index contributed by atoms with van der Waals surface area (Å²) in [6, 6.07) is 14.5. The van der Waals surface area contributed by atoms with Crippen LogP contribution >= 0.6 is 0 Å². The molecule has 2 heteroatoms. The van der Waals surface area contributed by atoms with Gasteiger partial charge in [0.15, 0.2) is 0 Å². The SMILES string of the molecule is CC(C)(C)c1cccc(CC(C)(C)c2cccc(N)c2)n1. The van der Waals surface area contributed by atoms with E-state index in [-0.39, 0.29) is 10.8 Å². The van der Waals surface area contributed by atoms with Crippen LogP contribution in [0.5, 0.6) is 0 Å². The minimum Gasteiger partial charge on any atom is -0.399 e. The summed E-state index contributed by atoms with van der Waals surface area (Å²) in [6.45, 7) is 11.1. The smallest absolute Gasteiger partial charge is 0.0460 e. The number of pyridine rings is 1. The summed E-state index contributed by atoms with van der Waals surface area (Å²) >= 11 is 0. The Labute approximate surface area is 128 Å². The lowest BCUT2D eigenvalue weighted by Gasteiger charge is -2.26. The maximum absolute atomic E-state index is 5.91. The number of hydrogen-bond acceptors (Lipinski definition) is 2. The third-order valence-corrected chi connectivity index (χ3v) is 3.87. The summed E-state index contributed by atoms with van der Waals surface area (Å²) in [6.07, 6.45) is 0.903. The Balaban J connectivity index is 2.28. The second kappa shape index (κ2) is 5.51. The van der Waals surface area contributed by atoms with Gasteiger partial charge in [-0.25, -0.2) is 0 Å². The van der Waals surface area contributed by atoms with Crippen LogP contribution < -0.4 is 5.73 Å². The van der Waals surface area contributed by atoms with Gasteiger partial charge in [0.1, 0.15) is 0 Å². The second-order valence-corrected chi connectivity index (χ2v) is 7.45. The van der Waals surface area contributed by atoms with E-state index in [1.54, 1.807) is 0 Å². The van der Waals surface area contributed by atoms with Crippen LogP contribution in [-0.2, 0) is 17.3 Å². The van der Waals surface area contributed by atoms with Gasteiger partial charge in [-0.15, -0.1) is 0 Å². The van der Waals surface area contributed by atoms with Crippen LogP contribution in [0.2, 0.25) is 0 Å². The lowest BCUT2D eigenvalue weighted by atomic mass is 9.80. The summed E-state index contributed by atoms with van der Waals surface area (Å²) in [5, 5.41) is 0. The number of anilines is 1. The van der Waals surface area contributed by atoms with E-state index in [4.69, 9.17) is 10.7 Å². The van der Waals surface area contributed by atoms with Crippen LogP contribution in [0.25, 0.3) is 0 Å². The summed E-state index contributed by atoms with van der Waals surface area (Å²) in [5.41, 5.74) is 10.4. The summed E-state index contributed by atoms with van der Waals surface area (Å²) in [7, 11) is 0. The van der Waals surface area contributed by atoms with Crippen molar-refractivity contribution in [2.75, 3.05) is 5.73 Å². The molecule has 0 aliphatic heterocycles. The van der Waals surface area contributed by atoms with Gasteiger partial charge < -0.3 is 5.73 Å². The average Bonchev–Trinajstić information content (AvgIpc) is 2.37. The molecule has 0 radical (unpaired) electrons. The summed E-state index contributed by atoms with van der Waals surface area (Å²) in [4.78, 5) is 4.85. The lowest BCUT2D eigenvalue weighted by molar-refractivity contribution is 0.507. The molecule has 1 heterocycles. The number of rotatable bonds is 3. The maximum atomic E-state index is 5.91. The van der Waals surface area contributed by atoms with E-state index in [0.717, 1.165) is 23.5 Å². The highest BCUT2D eigenvalue weighted by atomic mass is 14.7. The Bertz CT molecular complexity index is 621. The summed E-state index contributed by atoms with van der Waals surface area (Å²) < 4.78 is 0. The van der Waals surface area contributed by atoms with E-state index in [2.05, 4.69) is 65.0 Å².